The molecule has 0 radical (unpaired) electrons. The van der Waals surface area contributed by atoms with Crippen LogP contribution in [0.1, 0.15) is 0 Å². The van der Waals surface area contributed by atoms with Crippen molar-refractivity contribution in [1.29, 1.82) is 0 Å². The Labute approximate surface area is 118 Å². The number of anilines is 2. The summed E-state index contributed by atoms with van der Waals surface area (Å²) in [7, 11) is 2.94. The zero-order chi connectivity index (χ0) is 15.4. The molecule has 0 amide bonds. The number of H-pyrrole nitrogens is 1. The smallest absolute Gasteiger partial charge is 0.376 e. The van der Waals surface area contributed by atoms with Gasteiger partial charge in [0.25, 0.3) is 0 Å². The van der Waals surface area contributed by atoms with E-state index in [1.54, 1.807) is 18.2 Å². The van der Waals surface area contributed by atoms with Crippen molar-refractivity contribution in [3.63, 3.8) is 0 Å². The van der Waals surface area contributed by atoms with E-state index in [0.717, 1.165) is 6.33 Å². The Hall–Kier alpha value is -3.10. The van der Waals surface area contributed by atoms with Gasteiger partial charge in [0.15, 0.2) is 0 Å². The molecule has 2 aromatic rings. The van der Waals surface area contributed by atoms with Gasteiger partial charge in [0.05, 0.1) is 31.2 Å². The van der Waals surface area contributed by atoms with Gasteiger partial charge in [-0.15, -0.1) is 0 Å². The molecule has 21 heavy (non-hydrogen) atoms. The zero-order valence-corrected chi connectivity index (χ0v) is 11.2. The molecule has 0 unspecified atom stereocenters. The predicted molar refractivity (Wildman–Crippen MR) is 74.3 cm³/mol. The van der Waals surface area contributed by atoms with Gasteiger partial charge in [0, 0.05) is 6.07 Å². The second-order valence-electron chi connectivity index (χ2n) is 3.88. The standard InChI is InChI=1S/C12H12N4O5/c1-20-7-3-4-9(21-2)8(5-7)15-11-10(16(18)19)12(17)14-6-13-11/h3-6H,1-2H3,(H2,13,14,15,17). The molecule has 9 heteroatoms. The molecular weight excluding hydrogens is 280 g/mol. The van der Waals surface area contributed by atoms with Crippen molar-refractivity contribution in [2.75, 3.05) is 19.5 Å². The Morgan fingerprint density at radius 3 is 2.71 bits per heavy atom. The van der Waals surface area contributed by atoms with Gasteiger partial charge in [0.2, 0.25) is 5.82 Å². The summed E-state index contributed by atoms with van der Waals surface area (Å²) < 4.78 is 10.2. The van der Waals surface area contributed by atoms with Crippen LogP contribution in [0.15, 0.2) is 29.3 Å². The second-order valence-corrected chi connectivity index (χ2v) is 3.88. The normalized spacial score (nSPS) is 10.0. The zero-order valence-electron chi connectivity index (χ0n) is 11.2. The van der Waals surface area contributed by atoms with E-state index >= 15 is 0 Å². The Morgan fingerprint density at radius 2 is 2.10 bits per heavy atom. The largest absolute Gasteiger partial charge is 0.497 e. The lowest BCUT2D eigenvalue weighted by atomic mass is 10.2. The molecule has 0 spiro atoms. The van der Waals surface area contributed by atoms with Crippen LogP contribution >= 0.6 is 0 Å². The highest BCUT2D eigenvalue weighted by Gasteiger charge is 2.21. The van der Waals surface area contributed by atoms with E-state index in [-0.39, 0.29) is 5.82 Å². The Balaban J connectivity index is 2.50. The topological polar surface area (TPSA) is 119 Å². The summed E-state index contributed by atoms with van der Waals surface area (Å²) in [5.74, 6) is 0.758. The van der Waals surface area contributed by atoms with Gasteiger partial charge in [-0.3, -0.25) is 14.9 Å². The van der Waals surface area contributed by atoms with E-state index in [4.69, 9.17) is 9.47 Å². The number of ether oxygens (including phenoxy) is 2. The van der Waals surface area contributed by atoms with Gasteiger partial charge >= 0.3 is 11.2 Å². The number of aromatic nitrogens is 2. The third-order valence-electron chi connectivity index (χ3n) is 2.67. The number of nitrogens with zero attached hydrogens (tertiary/aromatic N) is 2. The van der Waals surface area contributed by atoms with E-state index in [1.807, 2.05) is 0 Å². The van der Waals surface area contributed by atoms with Crippen LogP contribution in [0.4, 0.5) is 17.2 Å². The number of hydrogen-bond donors (Lipinski definition) is 2. The molecule has 0 bridgehead atoms. The highest BCUT2D eigenvalue weighted by atomic mass is 16.6. The van der Waals surface area contributed by atoms with Gasteiger partial charge in [-0.1, -0.05) is 0 Å². The van der Waals surface area contributed by atoms with Crippen molar-refractivity contribution in [3.05, 3.63) is 45.0 Å². The first-order valence-corrected chi connectivity index (χ1v) is 5.78. The molecule has 0 aliphatic carbocycles. The van der Waals surface area contributed by atoms with Crippen molar-refractivity contribution in [3.8, 4) is 11.5 Å². The van der Waals surface area contributed by atoms with Gasteiger partial charge in [-0.25, -0.2) is 4.98 Å². The number of nitrogens with one attached hydrogen (secondary N) is 2. The Morgan fingerprint density at radius 1 is 1.33 bits per heavy atom. The van der Waals surface area contributed by atoms with Crippen LogP contribution in [0.3, 0.4) is 0 Å². The minimum Gasteiger partial charge on any atom is -0.497 e. The highest BCUT2D eigenvalue weighted by molar-refractivity contribution is 5.70. The maximum Gasteiger partial charge on any atom is 0.376 e. The fourth-order valence-corrected chi connectivity index (χ4v) is 1.69. The second kappa shape index (κ2) is 5.90. The lowest BCUT2D eigenvalue weighted by Crippen LogP contribution is -2.14. The van der Waals surface area contributed by atoms with E-state index in [1.165, 1.54) is 14.2 Å². The molecule has 2 N–H and O–H groups in total. The van der Waals surface area contributed by atoms with Crippen LogP contribution in [0.5, 0.6) is 11.5 Å². The Bertz CT molecular complexity index is 728. The molecule has 1 aromatic heterocycles. The van der Waals surface area contributed by atoms with E-state index in [0.29, 0.717) is 17.2 Å². The fourth-order valence-electron chi connectivity index (χ4n) is 1.69. The molecule has 1 heterocycles. The number of benzene rings is 1. The van der Waals surface area contributed by atoms with Crippen molar-refractivity contribution in [2.24, 2.45) is 0 Å². The first kappa shape index (κ1) is 14.3. The van der Waals surface area contributed by atoms with Crippen LogP contribution in [0.2, 0.25) is 0 Å². The Kier molecular flexibility index (Phi) is 4.02. The number of rotatable bonds is 5. The number of aromatic amines is 1. The molecule has 0 fully saturated rings. The minimum atomic E-state index is -0.848. The van der Waals surface area contributed by atoms with Gasteiger partial charge in [-0.05, 0) is 12.1 Å². The van der Waals surface area contributed by atoms with Crippen LogP contribution < -0.4 is 20.3 Å². The van der Waals surface area contributed by atoms with Crippen molar-refractivity contribution < 1.29 is 14.4 Å². The quantitative estimate of drug-likeness (QED) is 0.632. The summed E-state index contributed by atoms with van der Waals surface area (Å²) in [5, 5.41) is 13.7. The third-order valence-corrected chi connectivity index (χ3v) is 2.67. The summed E-state index contributed by atoms with van der Waals surface area (Å²) in [6.07, 6.45) is 1.07. The van der Waals surface area contributed by atoms with E-state index < -0.39 is 16.2 Å². The van der Waals surface area contributed by atoms with Crippen molar-refractivity contribution >= 4 is 17.2 Å². The van der Waals surface area contributed by atoms with Crippen LogP contribution in [-0.4, -0.2) is 29.1 Å². The number of nitro groups is 1. The summed E-state index contributed by atoms with van der Waals surface area (Å²) in [4.78, 5) is 27.6. The lowest BCUT2D eigenvalue weighted by molar-refractivity contribution is -0.385. The maximum atomic E-state index is 11.5. The number of methoxy groups -OCH3 is 2. The maximum absolute atomic E-state index is 11.5. The molecule has 0 aliphatic heterocycles. The van der Waals surface area contributed by atoms with Crippen LogP contribution in [-0.2, 0) is 0 Å². The molecule has 110 valence electrons. The fraction of sp³-hybridized carbons (Fsp3) is 0.167. The molecular formula is C12H12N4O5. The van der Waals surface area contributed by atoms with E-state index in [9.17, 15) is 14.9 Å². The van der Waals surface area contributed by atoms with Gasteiger partial charge in [-0.2, -0.15) is 0 Å². The minimum absolute atomic E-state index is 0.185. The first-order valence-electron chi connectivity index (χ1n) is 5.78. The average molecular weight is 292 g/mol. The molecule has 0 saturated heterocycles. The van der Waals surface area contributed by atoms with E-state index in [2.05, 4.69) is 15.3 Å². The summed E-state index contributed by atoms with van der Waals surface area (Å²) in [5.41, 5.74) is -1.14. The monoisotopic (exact) mass is 292 g/mol. The molecule has 0 saturated carbocycles. The SMILES string of the molecule is COc1ccc(OC)c(Nc2nc[nH]c(=O)c2[N+](=O)[O-])c1. The summed E-state index contributed by atoms with van der Waals surface area (Å²) >= 11 is 0. The van der Waals surface area contributed by atoms with Gasteiger partial charge in [0.1, 0.15) is 11.5 Å². The molecule has 2 rings (SSSR count). The summed E-state index contributed by atoms with van der Waals surface area (Å²) in [6, 6.07) is 4.87. The van der Waals surface area contributed by atoms with Crippen LogP contribution in [0.25, 0.3) is 0 Å². The predicted octanol–water partition coefficient (Wildman–Crippen LogP) is 1.44. The van der Waals surface area contributed by atoms with Crippen molar-refractivity contribution in [1.82, 2.24) is 9.97 Å². The number of hydrogen-bond acceptors (Lipinski definition) is 7. The first-order chi connectivity index (χ1) is 10.1. The average Bonchev–Trinajstić information content (AvgIpc) is 2.46. The molecule has 0 aliphatic rings. The van der Waals surface area contributed by atoms with Gasteiger partial charge < -0.3 is 19.8 Å². The molecule has 1 aromatic carbocycles. The highest BCUT2D eigenvalue weighted by Crippen LogP contribution is 2.32. The lowest BCUT2D eigenvalue weighted by Gasteiger charge is -2.11. The summed E-state index contributed by atoms with van der Waals surface area (Å²) in [6.45, 7) is 0. The van der Waals surface area contributed by atoms with Crippen LogP contribution in [0, 0.1) is 10.1 Å². The van der Waals surface area contributed by atoms with Crippen molar-refractivity contribution in [2.45, 2.75) is 0 Å². The third kappa shape index (κ3) is 2.91. The molecule has 0 atom stereocenters. The molecule has 9 nitrogen and oxygen atoms in total.